The molecule has 1 saturated heterocycles. The summed E-state index contributed by atoms with van der Waals surface area (Å²) in [6.45, 7) is 1.30. The molecule has 0 spiro atoms. The van der Waals surface area contributed by atoms with Crippen LogP contribution in [0.25, 0.3) is 0 Å². The summed E-state index contributed by atoms with van der Waals surface area (Å²) < 4.78 is 54.3. The summed E-state index contributed by atoms with van der Waals surface area (Å²) in [4.78, 5) is 27.7. The molecule has 0 radical (unpaired) electrons. The number of carbonyl (C=O) groups excluding carboxylic acids is 2. The van der Waals surface area contributed by atoms with Crippen LogP contribution < -0.4 is 10.2 Å². The lowest BCUT2D eigenvalue weighted by atomic mass is 10.0. The van der Waals surface area contributed by atoms with Crippen molar-refractivity contribution in [1.29, 1.82) is 5.41 Å². The average molecular weight is 497 g/mol. The Kier molecular flexibility index (Phi) is 6.28. The molecule has 11 heteroatoms. The Labute approximate surface area is 198 Å². The maximum absolute atomic E-state index is 14.3. The number of amides is 2. The molecule has 0 atom stereocenters. The van der Waals surface area contributed by atoms with Crippen LogP contribution in [0.4, 0.5) is 23.2 Å². The number of hydrogen-bond donors (Lipinski definition) is 2. The molecule has 34 heavy (non-hydrogen) atoms. The van der Waals surface area contributed by atoms with Gasteiger partial charge in [0, 0.05) is 13.1 Å². The predicted molar refractivity (Wildman–Crippen MR) is 119 cm³/mol. The quantitative estimate of drug-likeness (QED) is 0.485. The van der Waals surface area contributed by atoms with Crippen molar-refractivity contribution >= 4 is 34.8 Å². The van der Waals surface area contributed by atoms with Gasteiger partial charge in [-0.1, -0.05) is 17.7 Å². The monoisotopic (exact) mass is 496 g/mol. The molecular formula is C23H21ClF4N4O2. The molecule has 0 bridgehead atoms. The lowest BCUT2D eigenvalue weighted by Crippen LogP contribution is -2.54. The van der Waals surface area contributed by atoms with Gasteiger partial charge in [-0.2, -0.15) is 13.2 Å². The highest BCUT2D eigenvalue weighted by molar-refractivity contribution is 6.58. The second kappa shape index (κ2) is 8.90. The average Bonchev–Trinajstić information content (AvgIpc) is 3.63. The Hall–Kier alpha value is -3.14. The van der Waals surface area contributed by atoms with Crippen LogP contribution in [0, 0.1) is 24.1 Å². The number of allylic oxidation sites excluding steroid dienone is 4. The fourth-order valence-electron chi connectivity index (χ4n) is 3.83. The highest BCUT2D eigenvalue weighted by Gasteiger charge is 2.39. The molecule has 2 N–H and O–H groups in total. The van der Waals surface area contributed by atoms with Crippen LogP contribution in [-0.2, 0) is 9.59 Å². The topological polar surface area (TPSA) is 76.5 Å². The number of benzene rings is 1. The SMILES string of the molecule is Cc1ccc(N2CCN(C(=O)C(=N)/C(Cl)=C3/C=C(C4CC4)C=C(C(F)(F)F)N3)CC2=O)c(F)c1. The second-order valence-electron chi connectivity index (χ2n) is 8.43. The van der Waals surface area contributed by atoms with Gasteiger partial charge >= 0.3 is 6.18 Å². The van der Waals surface area contributed by atoms with E-state index in [1.807, 2.05) is 0 Å². The maximum atomic E-state index is 14.3. The van der Waals surface area contributed by atoms with Crippen LogP contribution in [-0.4, -0.2) is 48.2 Å². The molecule has 4 rings (SSSR count). The van der Waals surface area contributed by atoms with Gasteiger partial charge in [0.2, 0.25) is 5.91 Å². The van der Waals surface area contributed by atoms with Gasteiger partial charge in [-0.15, -0.1) is 0 Å². The fourth-order valence-corrected chi connectivity index (χ4v) is 4.02. The Balaban J connectivity index is 1.50. The first-order valence-corrected chi connectivity index (χ1v) is 11.0. The Morgan fingerprint density at radius 3 is 2.50 bits per heavy atom. The number of nitrogens with zero attached hydrogens (tertiary/aromatic N) is 2. The molecule has 1 aromatic rings. The Bertz CT molecular complexity index is 1170. The minimum atomic E-state index is -4.66. The zero-order chi connectivity index (χ0) is 24.8. The number of alkyl halides is 3. The molecule has 0 aromatic heterocycles. The molecule has 1 saturated carbocycles. The maximum Gasteiger partial charge on any atom is 0.431 e. The zero-order valence-corrected chi connectivity index (χ0v) is 18.9. The first-order chi connectivity index (χ1) is 16.0. The Morgan fingerprint density at radius 1 is 1.21 bits per heavy atom. The number of dihydropyridines is 1. The number of carbonyl (C=O) groups is 2. The number of rotatable bonds is 4. The summed E-state index contributed by atoms with van der Waals surface area (Å²) in [5.41, 5.74) is -0.728. The highest BCUT2D eigenvalue weighted by Crippen LogP contribution is 2.41. The van der Waals surface area contributed by atoms with Crippen LogP contribution in [0.5, 0.6) is 0 Å². The van der Waals surface area contributed by atoms with E-state index in [0.29, 0.717) is 11.1 Å². The van der Waals surface area contributed by atoms with Gasteiger partial charge in [-0.05, 0) is 61.1 Å². The van der Waals surface area contributed by atoms with E-state index in [1.165, 1.54) is 23.1 Å². The van der Waals surface area contributed by atoms with E-state index in [2.05, 4.69) is 5.32 Å². The molecule has 6 nitrogen and oxygen atoms in total. The zero-order valence-electron chi connectivity index (χ0n) is 18.1. The first kappa shape index (κ1) is 24.0. The van der Waals surface area contributed by atoms with E-state index in [-0.39, 0.29) is 30.4 Å². The van der Waals surface area contributed by atoms with E-state index in [0.717, 1.165) is 23.8 Å². The molecule has 1 aliphatic carbocycles. The van der Waals surface area contributed by atoms with Gasteiger partial charge in [-0.3, -0.25) is 15.0 Å². The van der Waals surface area contributed by atoms with E-state index < -0.39 is 46.8 Å². The van der Waals surface area contributed by atoms with Crippen molar-refractivity contribution in [2.75, 3.05) is 24.5 Å². The third-order valence-electron chi connectivity index (χ3n) is 5.82. The van der Waals surface area contributed by atoms with Crippen molar-refractivity contribution in [1.82, 2.24) is 10.2 Å². The standard InChI is InChI=1S/C23H21ClF4N4O2/c1-12-2-5-17(15(25)8-12)32-7-6-31(11-19(32)33)22(34)21(29)20(24)16-9-14(13-3-4-13)10-18(30-16)23(26,27)28/h2,5,8-10,13,29-30H,3-4,6-7,11H2,1H3/b20-16+,29-21?. The summed E-state index contributed by atoms with van der Waals surface area (Å²) in [7, 11) is 0. The van der Waals surface area contributed by atoms with Crippen LogP contribution in [0.1, 0.15) is 18.4 Å². The Morgan fingerprint density at radius 2 is 1.91 bits per heavy atom. The van der Waals surface area contributed by atoms with Crippen molar-refractivity contribution in [3.63, 3.8) is 0 Å². The molecule has 2 fully saturated rings. The summed E-state index contributed by atoms with van der Waals surface area (Å²) in [6.07, 6.45) is -0.721. The van der Waals surface area contributed by atoms with Crippen LogP contribution in [0.2, 0.25) is 0 Å². The smallest absolute Gasteiger partial charge is 0.350 e. The fraction of sp³-hybridized carbons (Fsp3) is 0.348. The third-order valence-corrected chi connectivity index (χ3v) is 6.21. The minimum absolute atomic E-state index is 0.00301. The van der Waals surface area contributed by atoms with Gasteiger partial charge in [0.25, 0.3) is 5.91 Å². The molecule has 0 unspecified atom stereocenters. The van der Waals surface area contributed by atoms with Crippen molar-refractivity contribution < 1.29 is 27.2 Å². The van der Waals surface area contributed by atoms with Crippen LogP contribution in [0.15, 0.2) is 52.4 Å². The van der Waals surface area contributed by atoms with Crippen molar-refractivity contribution in [3.8, 4) is 0 Å². The van der Waals surface area contributed by atoms with Crippen molar-refractivity contribution in [2.45, 2.75) is 25.9 Å². The number of anilines is 1. The first-order valence-electron chi connectivity index (χ1n) is 10.6. The van der Waals surface area contributed by atoms with Gasteiger partial charge in [-0.25, -0.2) is 4.39 Å². The van der Waals surface area contributed by atoms with Crippen LogP contribution in [0.3, 0.4) is 0 Å². The van der Waals surface area contributed by atoms with Gasteiger partial charge < -0.3 is 15.1 Å². The summed E-state index contributed by atoms with van der Waals surface area (Å²) >= 11 is 6.19. The largest absolute Gasteiger partial charge is 0.431 e. The van der Waals surface area contributed by atoms with Gasteiger partial charge in [0.15, 0.2) is 0 Å². The minimum Gasteiger partial charge on any atom is -0.350 e. The molecule has 180 valence electrons. The number of halogens is 5. The molecule has 2 heterocycles. The van der Waals surface area contributed by atoms with E-state index in [9.17, 15) is 27.2 Å². The molecular weight excluding hydrogens is 476 g/mol. The number of nitrogens with one attached hydrogen (secondary N) is 2. The predicted octanol–water partition coefficient (Wildman–Crippen LogP) is 4.17. The van der Waals surface area contributed by atoms with Crippen molar-refractivity contribution in [2.24, 2.45) is 5.92 Å². The normalized spacial score (nSPS) is 20.5. The summed E-state index contributed by atoms with van der Waals surface area (Å²) in [5, 5.41) is 9.88. The van der Waals surface area contributed by atoms with Crippen molar-refractivity contribution in [3.05, 3.63) is 63.7 Å². The highest BCUT2D eigenvalue weighted by atomic mass is 35.5. The van der Waals surface area contributed by atoms with Crippen LogP contribution >= 0.6 is 11.6 Å². The molecule has 2 amide bonds. The van der Waals surface area contributed by atoms with E-state index in [4.69, 9.17) is 17.0 Å². The van der Waals surface area contributed by atoms with E-state index in [1.54, 1.807) is 13.0 Å². The number of piperazine rings is 1. The lowest BCUT2D eigenvalue weighted by molar-refractivity contribution is -0.131. The number of hydrogen-bond acceptors (Lipinski definition) is 4. The molecule has 1 aromatic carbocycles. The number of aryl methyl sites for hydroxylation is 1. The van der Waals surface area contributed by atoms with Gasteiger partial charge in [0.1, 0.15) is 23.8 Å². The summed E-state index contributed by atoms with van der Waals surface area (Å²) in [5.74, 6) is -2.03. The summed E-state index contributed by atoms with van der Waals surface area (Å²) in [6, 6.07) is 4.44. The van der Waals surface area contributed by atoms with E-state index >= 15 is 0 Å². The third kappa shape index (κ3) is 4.86. The molecule has 3 aliphatic rings. The second-order valence-corrected chi connectivity index (χ2v) is 8.81. The molecule has 2 aliphatic heterocycles. The van der Waals surface area contributed by atoms with Gasteiger partial charge in [0.05, 0.1) is 16.4 Å². The lowest BCUT2D eigenvalue weighted by Gasteiger charge is -2.34.